The van der Waals surface area contributed by atoms with Crippen LogP contribution in [-0.4, -0.2) is 15.7 Å². The summed E-state index contributed by atoms with van der Waals surface area (Å²) < 4.78 is 0. The van der Waals surface area contributed by atoms with Crippen LogP contribution < -0.4 is 0 Å². The molecule has 1 fully saturated rings. The van der Waals surface area contributed by atoms with Crippen molar-refractivity contribution in [3.05, 3.63) is 29.6 Å². The van der Waals surface area contributed by atoms with E-state index in [4.69, 9.17) is 0 Å². The molecule has 98 valence electrons. The third kappa shape index (κ3) is 1.97. The molecule has 2 aliphatic carbocycles. The summed E-state index contributed by atoms with van der Waals surface area (Å²) in [6.07, 6.45) is 7.16. The Kier molecular flexibility index (Phi) is 2.93. The molecule has 0 aliphatic heterocycles. The molecule has 1 aromatic heterocycles. The van der Waals surface area contributed by atoms with E-state index in [0.717, 1.165) is 25.7 Å². The molecule has 1 N–H and O–H groups in total. The molecule has 3 atom stereocenters. The highest BCUT2D eigenvalue weighted by atomic mass is 16.3. The first kappa shape index (κ1) is 12.2. The zero-order chi connectivity index (χ0) is 12.8. The van der Waals surface area contributed by atoms with Crippen LogP contribution in [-0.2, 0) is 6.42 Å². The second-order valence-corrected chi connectivity index (χ2v) is 6.60. The minimum Gasteiger partial charge on any atom is -0.389 e. The predicted molar refractivity (Wildman–Crippen MR) is 72.4 cm³/mol. The predicted octanol–water partition coefficient (Wildman–Crippen LogP) is 3.30. The van der Waals surface area contributed by atoms with Crippen molar-refractivity contribution in [2.24, 2.45) is 11.8 Å². The maximum atomic E-state index is 11.1. The topological polar surface area (TPSA) is 33.1 Å². The maximum Gasteiger partial charge on any atom is 0.0736 e. The molecule has 0 aromatic carbocycles. The second kappa shape index (κ2) is 4.34. The molecule has 1 aromatic rings. The molecule has 2 aliphatic rings. The van der Waals surface area contributed by atoms with E-state index < -0.39 is 5.60 Å². The van der Waals surface area contributed by atoms with E-state index in [1.54, 1.807) is 0 Å². The van der Waals surface area contributed by atoms with Crippen molar-refractivity contribution in [3.63, 3.8) is 0 Å². The second-order valence-electron chi connectivity index (χ2n) is 6.60. The molecule has 3 rings (SSSR count). The van der Waals surface area contributed by atoms with Crippen LogP contribution in [0.5, 0.6) is 0 Å². The van der Waals surface area contributed by atoms with Gasteiger partial charge in [0.05, 0.1) is 5.60 Å². The van der Waals surface area contributed by atoms with Gasteiger partial charge in [0.1, 0.15) is 0 Å². The molecule has 18 heavy (non-hydrogen) atoms. The molecular weight excluding hydrogens is 222 g/mol. The van der Waals surface area contributed by atoms with Gasteiger partial charge < -0.3 is 5.11 Å². The molecule has 2 heteroatoms. The summed E-state index contributed by atoms with van der Waals surface area (Å²) in [6.45, 7) is 4.55. The molecular formula is C16H23NO. The number of nitrogens with zero attached hydrogens (tertiary/aromatic N) is 1. The summed E-state index contributed by atoms with van der Waals surface area (Å²) >= 11 is 0. The Morgan fingerprint density at radius 2 is 2.00 bits per heavy atom. The van der Waals surface area contributed by atoms with Gasteiger partial charge in [0.25, 0.3) is 0 Å². The van der Waals surface area contributed by atoms with E-state index >= 15 is 0 Å². The van der Waals surface area contributed by atoms with Crippen molar-refractivity contribution in [2.45, 2.75) is 57.5 Å². The molecule has 3 unspecified atom stereocenters. The fourth-order valence-corrected chi connectivity index (χ4v) is 4.36. The number of aromatic nitrogens is 1. The summed E-state index contributed by atoms with van der Waals surface area (Å²) in [5.41, 5.74) is 2.00. The SMILES string of the molecule is CC1CC(C)CC(O)(C2CCc3cccnc32)C1. The molecule has 0 radical (unpaired) electrons. The van der Waals surface area contributed by atoms with Crippen LogP contribution in [0.2, 0.25) is 0 Å². The highest BCUT2D eigenvalue weighted by Crippen LogP contribution is 2.48. The molecule has 1 saturated carbocycles. The first-order chi connectivity index (χ1) is 8.58. The van der Waals surface area contributed by atoms with Gasteiger partial charge in [-0.05, 0) is 55.6 Å². The fraction of sp³-hybridized carbons (Fsp3) is 0.688. The summed E-state index contributed by atoms with van der Waals surface area (Å²) in [5.74, 6) is 1.52. The van der Waals surface area contributed by atoms with E-state index in [9.17, 15) is 5.11 Å². The largest absolute Gasteiger partial charge is 0.389 e. The van der Waals surface area contributed by atoms with Gasteiger partial charge in [-0.25, -0.2) is 0 Å². The average Bonchev–Trinajstić information content (AvgIpc) is 2.71. The van der Waals surface area contributed by atoms with Gasteiger partial charge >= 0.3 is 0 Å². The standard InChI is InChI=1S/C16H23NO/c1-11-8-12(2)10-16(18,9-11)14-6-5-13-4-3-7-17-15(13)14/h3-4,7,11-12,14,18H,5-6,8-10H2,1-2H3. The summed E-state index contributed by atoms with van der Waals surface area (Å²) in [7, 11) is 0. The average molecular weight is 245 g/mol. The Balaban J connectivity index is 1.91. The van der Waals surface area contributed by atoms with Crippen molar-refractivity contribution >= 4 is 0 Å². The lowest BCUT2D eigenvalue weighted by Crippen LogP contribution is -2.42. The Morgan fingerprint density at radius 1 is 1.28 bits per heavy atom. The van der Waals surface area contributed by atoms with Gasteiger partial charge in [0.2, 0.25) is 0 Å². The van der Waals surface area contributed by atoms with Crippen molar-refractivity contribution in [1.29, 1.82) is 0 Å². The van der Waals surface area contributed by atoms with Gasteiger partial charge in [-0.1, -0.05) is 19.9 Å². The first-order valence-corrected chi connectivity index (χ1v) is 7.24. The smallest absolute Gasteiger partial charge is 0.0736 e. The Labute approximate surface area is 109 Å². The molecule has 2 nitrogen and oxygen atoms in total. The summed E-state index contributed by atoms with van der Waals surface area (Å²) in [5, 5.41) is 11.1. The third-order valence-electron chi connectivity index (χ3n) is 4.82. The summed E-state index contributed by atoms with van der Waals surface area (Å²) in [6, 6.07) is 4.18. The zero-order valence-corrected chi connectivity index (χ0v) is 11.4. The molecule has 0 saturated heterocycles. The number of pyridine rings is 1. The van der Waals surface area contributed by atoms with Crippen molar-refractivity contribution in [3.8, 4) is 0 Å². The van der Waals surface area contributed by atoms with E-state index in [1.165, 1.54) is 17.7 Å². The van der Waals surface area contributed by atoms with Gasteiger partial charge in [0, 0.05) is 17.8 Å². The molecule has 0 bridgehead atoms. The first-order valence-electron chi connectivity index (χ1n) is 7.24. The Bertz CT molecular complexity index is 432. The Morgan fingerprint density at radius 3 is 2.72 bits per heavy atom. The maximum absolute atomic E-state index is 11.1. The molecule has 1 heterocycles. The van der Waals surface area contributed by atoms with Crippen molar-refractivity contribution in [2.75, 3.05) is 0 Å². The van der Waals surface area contributed by atoms with Crippen molar-refractivity contribution < 1.29 is 5.11 Å². The monoisotopic (exact) mass is 245 g/mol. The number of hydrogen-bond donors (Lipinski definition) is 1. The fourth-order valence-electron chi connectivity index (χ4n) is 4.36. The lowest BCUT2D eigenvalue weighted by atomic mass is 9.67. The van der Waals surface area contributed by atoms with E-state index in [-0.39, 0.29) is 5.92 Å². The van der Waals surface area contributed by atoms with Crippen LogP contribution in [0, 0.1) is 11.8 Å². The number of aliphatic hydroxyl groups is 1. The number of hydrogen-bond acceptors (Lipinski definition) is 2. The van der Waals surface area contributed by atoms with E-state index in [2.05, 4.69) is 24.9 Å². The van der Waals surface area contributed by atoms with Crippen LogP contribution >= 0.6 is 0 Å². The van der Waals surface area contributed by atoms with Gasteiger partial charge in [-0.2, -0.15) is 0 Å². The lowest BCUT2D eigenvalue weighted by Gasteiger charge is -2.43. The third-order valence-corrected chi connectivity index (χ3v) is 4.82. The van der Waals surface area contributed by atoms with Gasteiger partial charge in [-0.15, -0.1) is 0 Å². The minimum absolute atomic E-state index is 0.263. The van der Waals surface area contributed by atoms with Crippen molar-refractivity contribution in [1.82, 2.24) is 4.98 Å². The molecule has 0 spiro atoms. The van der Waals surface area contributed by atoms with Crippen LogP contribution in [0.4, 0.5) is 0 Å². The van der Waals surface area contributed by atoms with E-state index in [1.807, 2.05) is 12.3 Å². The van der Waals surface area contributed by atoms with Crippen LogP contribution in [0.25, 0.3) is 0 Å². The summed E-state index contributed by atoms with van der Waals surface area (Å²) in [4.78, 5) is 4.55. The number of fused-ring (bicyclic) bond motifs is 1. The zero-order valence-electron chi connectivity index (χ0n) is 11.4. The lowest BCUT2D eigenvalue weighted by molar-refractivity contribution is -0.0537. The Hall–Kier alpha value is -0.890. The number of rotatable bonds is 1. The van der Waals surface area contributed by atoms with Crippen LogP contribution in [0.3, 0.4) is 0 Å². The minimum atomic E-state index is -0.517. The normalized spacial score (nSPS) is 39.6. The number of aryl methyl sites for hydroxylation is 1. The van der Waals surface area contributed by atoms with Gasteiger partial charge in [0.15, 0.2) is 0 Å². The van der Waals surface area contributed by atoms with E-state index in [0.29, 0.717) is 11.8 Å². The van der Waals surface area contributed by atoms with Gasteiger partial charge in [-0.3, -0.25) is 4.98 Å². The van der Waals surface area contributed by atoms with Crippen LogP contribution in [0.15, 0.2) is 18.3 Å². The highest BCUT2D eigenvalue weighted by molar-refractivity contribution is 5.31. The highest BCUT2D eigenvalue weighted by Gasteiger charge is 2.45. The molecule has 0 amide bonds. The van der Waals surface area contributed by atoms with Crippen LogP contribution in [0.1, 0.15) is 56.7 Å². The quantitative estimate of drug-likeness (QED) is 0.823.